The zero-order chi connectivity index (χ0) is 13.5. The van der Waals surface area contributed by atoms with Gasteiger partial charge >= 0.3 is 0 Å². The maximum absolute atomic E-state index is 12.4. The monoisotopic (exact) mass is 281 g/mol. The number of anilines is 1. The number of hydrazine groups is 1. The average Bonchev–Trinajstić information content (AvgIpc) is 2.73. The molecule has 19 heavy (non-hydrogen) atoms. The summed E-state index contributed by atoms with van der Waals surface area (Å²) in [6, 6.07) is 5.28. The second-order valence-electron chi connectivity index (χ2n) is 4.59. The standard InChI is InChI=1S/C11H15N5O2S/c12-14-10-11(16-7-2-1-6-9(16)13-10)19(17,18)15-8-4-3-5-8/h1-2,6-8,14-15H,3-5,12H2. The van der Waals surface area contributed by atoms with E-state index in [9.17, 15) is 8.42 Å². The fourth-order valence-corrected chi connectivity index (χ4v) is 3.68. The van der Waals surface area contributed by atoms with E-state index >= 15 is 0 Å². The molecular weight excluding hydrogens is 266 g/mol. The van der Waals surface area contributed by atoms with E-state index < -0.39 is 10.0 Å². The molecule has 0 aromatic carbocycles. The maximum Gasteiger partial charge on any atom is 0.260 e. The molecule has 0 saturated heterocycles. The molecule has 0 spiro atoms. The van der Waals surface area contributed by atoms with E-state index in [1.165, 1.54) is 4.40 Å². The molecule has 3 rings (SSSR count). The van der Waals surface area contributed by atoms with Crippen LogP contribution in [0.25, 0.3) is 5.65 Å². The quantitative estimate of drug-likeness (QED) is 0.558. The maximum atomic E-state index is 12.4. The summed E-state index contributed by atoms with van der Waals surface area (Å²) in [6.07, 6.45) is 4.46. The van der Waals surface area contributed by atoms with Crippen LogP contribution in [0.15, 0.2) is 29.4 Å². The summed E-state index contributed by atoms with van der Waals surface area (Å²) in [5.74, 6) is 5.52. The van der Waals surface area contributed by atoms with Gasteiger partial charge in [-0.1, -0.05) is 12.5 Å². The van der Waals surface area contributed by atoms with Gasteiger partial charge in [0.25, 0.3) is 10.0 Å². The van der Waals surface area contributed by atoms with E-state index in [1.807, 2.05) is 0 Å². The molecule has 102 valence electrons. The van der Waals surface area contributed by atoms with Crippen molar-refractivity contribution in [1.82, 2.24) is 14.1 Å². The van der Waals surface area contributed by atoms with Gasteiger partial charge in [-0.3, -0.25) is 4.40 Å². The number of nitrogens with two attached hydrogens (primary N) is 1. The molecule has 2 aromatic heterocycles. The Labute approximate surface area is 110 Å². The number of sulfonamides is 1. The third-order valence-electron chi connectivity index (χ3n) is 3.30. The van der Waals surface area contributed by atoms with Gasteiger partial charge in [0.2, 0.25) is 0 Å². The second-order valence-corrected chi connectivity index (χ2v) is 6.22. The lowest BCUT2D eigenvalue weighted by Gasteiger charge is -2.26. The van der Waals surface area contributed by atoms with E-state index in [0.717, 1.165) is 19.3 Å². The number of hydrogen-bond acceptors (Lipinski definition) is 5. The summed E-state index contributed by atoms with van der Waals surface area (Å²) in [4.78, 5) is 4.16. The van der Waals surface area contributed by atoms with Crippen molar-refractivity contribution >= 4 is 21.5 Å². The molecule has 1 fully saturated rings. The van der Waals surface area contributed by atoms with E-state index in [0.29, 0.717) is 5.65 Å². The van der Waals surface area contributed by atoms with Gasteiger partial charge in [0.1, 0.15) is 5.65 Å². The van der Waals surface area contributed by atoms with Crippen molar-refractivity contribution in [3.63, 3.8) is 0 Å². The number of fused-ring (bicyclic) bond motifs is 1. The molecule has 2 heterocycles. The molecule has 2 aromatic rings. The zero-order valence-corrected chi connectivity index (χ0v) is 11.0. The first-order chi connectivity index (χ1) is 9.12. The summed E-state index contributed by atoms with van der Waals surface area (Å²) < 4.78 is 29.0. The number of rotatable bonds is 4. The minimum Gasteiger partial charge on any atom is -0.306 e. The first-order valence-corrected chi connectivity index (χ1v) is 7.56. The predicted molar refractivity (Wildman–Crippen MR) is 71.0 cm³/mol. The SMILES string of the molecule is NNc1nc2ccccn2c1S(=O)(=O)NC1CCC1. The smallest absolute Gasteiger partial charge is 0.260 e. The predicted octanol–water partition coefficient (Wildman–Crippen LogP) is 0.451. The van der Waals surface area contributed by atoms with Crippen LogP contribution in [0.3, 0.4) is 0 Å². The number of pyridine rings is 1. The first-order valence-electron chi connectivity index (χ1n) is 6.08. The number of imidazole rings is 1. The summed E-state index contributed by atoms with van der Waals surface area (Å²) in [5, 5.41) is 0.0532. The number of hydrogen-bond donors (Lipinski definition) is 3. The number of nitrogens with zero attached hydrogens (tertiary/aromatic N) is 2. The Morgan fingerprint density at radius 1 is 1.37 bits per heavy atom. The Hall–Kier alpha value is -1.64. The normalized spacial score (nSPS) is 16.5. The van der Waals surface area contributed by atoms with Crippen LogP contribution in [0.2, 0.25) is 0 Å². The Morgan fingerprint density at radius 3 is 2.79 bits per heavy atom. The molecular formula is C11H15N5O2S. The topological polar surface area (TPSA) is 102 Å². The lowest BCUT2D eigenvalue weighted by Crippen LogP contribution is -2.40. The minimum atomic E-state index is -3.64. The molecule has 0 aliphatic heterocycles. The third kappa shape index (κ3) is 2.07. The molecule has 0 atom stereocenters. The fraction of sp³-hybridized carbons (Fsp3) is 0.364. The van der Waals surface area contributed by atoms with Crippen molar-refractivity contribution in [2.24, 2.45) is 5.84 Å². The molecule has 1 aliphatic carbocycles. The van der Waals surface area contributed by atoms with Gasteiger partial charge < -0.3 is 5.43 Å². The third-order valence-corrected chi connectivity index (χ3v) is 4.85. The van der Waals surface area contributed by atoms with Gasteiger partial charge in [-0.05, 0) is 25.0 Å². The van der Waals surface area contributed by atoms with Crippen molar-refractivity contribution in [1.29, 1.82) is 0 Å². The van der Waals surface area contributed by atoms with Crippen LogP contribution in [0.4, 0.5) is 5.82 Å². The van der Waals surface area contributed by atoms with Gasteiger partial charge in [0.05, 0.1) is 0 Å². The minimum absolute atomic E-state index is 0.0184. The highest BCUT2D eigenvalue weighted by Crippen LogP contribution is 2.25. The first kappa shape index (κ1) is 12.4. The van der Waals surface area contributed by atoms with Crippen LogP contribution < -0.4 is 16.0 Å². The van der Waals surface area contributed by atoms with Crippen LogP contribution in [0, 0.1) is 0 Å². The van der Waals surface area contributed by atoms with Crippen LogP contribution in [-0.2, 0) is 10.0 Å². The summed E-state index contributed by atoms with van der Waals surface area (Å²) in [6.45, 7) is 0. The number of nitrogens with one attached hydrogen (secondary N) is 2. The highest BCUT2D eigenvalue weighted by Gasteiger charge is 2.29. The molecule has 0 bridgehead atoms. The lowest BCUT2D eigenvalue weighted by molar-refractivity contribution is 0.383. The Balaban J connectivity index is 2.11. The van der Waals surface area contributed by atoms with E-state index in [-0.39, 0.29) is 16.9 Å². The van der Waals surface area contributed by atoms with Crippen LogP contribution >= 0.6 is 0 Å². The number of aromatic nitrogens is 2. The van der Waals surface area contributed by atoms with Gasteiger partial charge in [-0.15, -0.1) is 0 Å². The van der Waals surface area contributed by atoms with Crippen molar-refractivity contribution in [3.8, 4) is 0 Å². The molecule has 4 N–H and O–H groups in total. The van der Waals surface area contributed by atoms with E-state index in [4.69, 9.17) is 5.84 Å². The molecule has 0 radical (unpaired) electrons. The zero-order valence-electron chi connectivity index (χ0n) is 10.2. The Bertz CT molecular complexity index is 705. The number of nitrogen functional groups attached to an aromatic ring is 1. The molecule has 7 nitrogen and oxygen atoms in total. The van der Waals surface area contributed by atoms with Crippen LogP contribution in [0.1, 0.15) is 19.3 Å². The van der Waals surface area contributed by atoms with E-state index in [2.05, 4.69) is 15.1 Å². The second kappa shape index (κ2) is 4.48. The lowest BCUT2D eigenvalue weighted by atomic mass is 9.94. The van der Waals surface area contributed by atoms with Gasteiger partial charge in [-0.25, -0.2) is 24.0 Å². The van der Waals surface area contributed by atoms with Crippen molar-refractivity contribution < 1.29 is 8.42 Å². The molecule has 1 saturated carbocycles. The summed E-state index contributed by atoms with van der Waals surface area (Å²) in [5.41, 5.74) is 2.88. The Kier molecular flexibility index (Phi) is 2.92. The van der Waals surface area contributed by atoms with Gasteiger partial charge in [-0.2, -0.15) is 0 Å². The van der Waals surface area contributed by atoms with Crippen molar-refractivity contribution in [2.45, 2.75) is 30.3 Å². The molecule has 0 unspecified atom stereocenters. The van der Waals surface area contributed by atoms with Crippen LogP contribution in [0.5, 0.6) is 0 Å². The van der Waals surface area contributed by atoms with Gasteiger partial charge in [0.15, 0.2) is 10.8 Å². The molecule has 8 heteroatoms. The highest BCUT2D eigenvalue weighted by atomic mass is 32.2. The van der Waals surface area contributed by atoms with Crippen LogP contribution in [-0.4, -0.2) is 23.8 Å². The van der Waals surface area contributed by atoms with Gasteiger partial charge in [0, 0.05) is 12.2 Å². The summed E-state index contributed by atoms with van der Waals surface area (Å²) in [7, 11) is -3.64. The Morgan fingerprint density at radius 2 is 2.16 bits per heavy atom. The summed E-state index contributed by atoms with van der Waals surface area (Å²) >= 11 is 0. The molecule has 1 aliphatic rings. The average molecular weight is 281 g/mol. The molecule has 0 amide bonds. The highest BCUT2D eigenvalue weighted by molar-refractivity contribution is 7.89. The largest absolute Gasteiger partial charge is 0.306 e. The van der Waals surface area contributed by atoms with Crippen molar-refractivity contribution in [2.75, 3.05) is 5.43 Å². The van der Waals surface area contributed by atoms with Crippen molar-refractivity contribution in [3.05, 3.63) is 24.4 Å². The van der Waals surface area contributed by atoms with E-state index in [1.54, 1.807) is 24.4 Å². The fourth-order valence-electron chi connectivity index (χ4n) is 2.13.